The maximum absolute atomic E-state index is 12.9. The van der Waals surface area contributed by atoms with Crippen LogP contribution in [0.1, 0.15) is 59.3 Å². The van der Waals surface area contributed by atoms with E-state index in [9.17, 15) is 19.2 Å². The number of Topliss-reactive ketones (excluding diaryl/α,β-unsaturated/α-hetero) is 2. The highest BCUT2D eigenvalue weighted by molar-refractivity contribution is 5.90. The third-order valence-corrected chi connectivity index (χ3v) is 5.55. The van der Waals surface area contributed by atoms with Crippen LogP contribution in [0, 0.1) is 0 Å². The second-order valence-electron chi connectivity index (χ2n) is 10.7. The monoisotopic (exact) mass is 674 g/mol. The average Bonchev–Trinajstić information content (AvgIpc) is 3.01. The van der Waals surface area contributed by atoms with E-state index in [2.05, 4.69) is 30.8 Å². The Morgan fingerprint density at radius 3 is 1.79 bits per heavy atom. The molecule has 0 fully saturated rings. The van der Waals surface area contributed by atoms with Gasteiger partial charge in [-0.05, 0) is 51.1 Å². The number of ketones is 2. The molecule has 1 atom stereocenters. The van der Waals surface area contributed by atoms with Gasteiger partial charge >= 0.3 is 6.09 Å². The van der Waals surface area contributed by atoms with Crippen molar-refractivity contribution in [2.24, 2.45) is 10.2 Å². The number of amides is 2. The maximum atomic E-state index is 12.9. The van der Waals surface area contributed by atoms with Crippen molar-refractivity contribution in [1.29, 1.82) is 0 Å². The van der Waals surface area contributed by atoms with E-state index in [-0.39, 0.29) is 76.8 Å². The largest absolute Gasteiger partial charge is 0.442 e. The summed E-state index contributed by atoms with van der Waals surface area (Å²) in [6.45, 7) is 7.74. The third-order valence-electron chi connectivity index (χ3n) is 5.55. The normalized spacial score (nSPS) is 11.6. The molecular weight excluding hydrogens is 624 g/mol. The molecule has 2 amide bonds. The quantitative estimate of drug-likeness (QED) is 0.0355. The molecule has 47 heavy (non-hydrogen) atoms. The first kappa shape index (κ1) is 43.5. The topological polar surface area (TPSA) is 254 Å². The summed E-state index contributed by atoms with van der Waals surface area (Å²) in [6.07, 6.45) is 0.744. The summed E-state index contributed by atoms with van der Waals surface area (Å²) >= 11 is 0. The molecule has 2 N–H and O–H groups in total. The Morgan fingerprint density at radius 1 is 0.702 bits per heavy atom. The number of hydrogen-bond donors (Lipinski definition) is 2. The minimum atomic E-state index is -0.886. The predicted octanol–water partition coefficient (Wildman–Crippen LogP) is 3.11. The number of nitrogens with zero attached hydrogens (tertiary/aromatic N) is 6. The van der Waals surface area contributed by atoms with E-state index in [4.69, 9.17) is 44.3 Å². The fourth-order valence-electron chi connectivity index (χ4n) is 3.49. The second-order valence-corrected chi connectivity index (χ2v) is 10.7. The van der Waals surface area contributed by atoms with E-state index >= 15 is 0 Å². The molecule has 0 aromatic heterocycles. The van der Waals surface area contributed by atoms with Gasteiger partial charge in [0.25, 0.3) is 0 Å². The van der Waals surface area contributed by atoms with Gasteiger partial charge in [0.1, 0.15) is 18.0 Å². The van der Waals surface area contributed by atoms with Crippen molar-refractivity contribution in [3.05, 3.63) is 20.9 Å². The molecular formula is C28H50N8O11. The van der Waals surface area contributed by atoms with E-state index in [1.807, 2.05) is 0 Å². The molecule has 0 aliphatic carbocycles. The van der Waals surface area contributed by atoms with E-state index in [1.165, 1.54) is 0 Å². The number of ether oxygens (including phenoxy) is 6. The van der Waals surface area contributed by atoms with Gasteiger partial charge in [0.2, 0.25) is 5.91 Å². The van der Waals surface area contributed by atoms with Crippen LogP contribution >= 0.6 is 0 Å². The van der Waals surface area contributed by atoms with Gasteiger partial charge < -0.3 is 33.7 Å². The lowest BCUT2D eigenvalue weighted by Gasteiger charge is -2.19. The Morgan fingerprint density at radius 2 is 1.23 bits per heavy atom. The van der Waals surface area contributed by atoms with Crippen LogP contribution in [0.4, 0.5) is 4.79 Å². The lowest BCUT2D eigenvalue weighted by Crippen LogP contribution is -2.43. The minimum absolute atomic E-state index is 0.0170. The molecule has 19 heteroatoms. The molecule has 0 aliphatic rings. The van der Waals surface area contributed by atoms with Crippen LogP contribution in [0.25, 0.3) is 20.9 Å². The molecule has 0 rings (SSSR count). The van der Waals surface area contributed by atoms with Gasteiger partial charge in [0.15, 0.2) is 5.78 Å². The Balaban J connectivity index is 4.50. The minimum Gasteiger partial charge on any atom is -0.442 e. The van der Waals surface area contributed by atoms with E-state index in [1.54, 1.807) is 20.8 Å². The van der Waals surface area contributed by atoms with Crippen LogP contribution in [-0.4, -0.2) is 121 Å². The molecule has 268 valence electrons. The molecule has 0 unspecified atom stereocenters. The van der Waals surface area contributed by atoms with Crippen LogP contribution in [0.15, 0.2) is 10.2 Å². The third kappa shape index (κ3) is 30.9. The van der Waals surface area contributed by atoms with Crippen molar-refractivity contribution in [3.8, 4) is 0 Å². The second kappa shape index (κ2) is 29.8. The molecule has 0 saturated heterocycles. The van der Waals surface area contributed by atoms with Gasteiger partial charge in [-0.3, -0.25) is 19.2 Å². The molecule has 0 spiro atoms. The molecule has 0 aromatic carbocycles. The summed E-state index contributed by atoms with van der Waals surface area (Å²) in [7, 11) is 0. The van der Waals surface area contributed by atoms with E-state index < -0.39 is 23.6 Å². The zero-order valence-corrected chi connectivity index (χ0v) is 27.7. The van der Waals surface area contributed by atoms with Crippen LogP contribution < -0.4 is 10.8 Å². The SMILES string of the molecule is CC(C)(C)OC(=O)NOCCOCC(=O)N[C@@H](CCC(=O)CCCOCCOCCN=[N+]=[N-])C(=O)CCCOCCOCCN=[N+]=[N-]. The van der Waals surface area contributed by atoms with E-state index in [0.717, 1.165) is 0 Å². The number of carbonyl (C=O) groups excluding carboxylic acids is 4. The van der Waals surface area contributed by atoms with Crippen molar-refractivity contribution in [3.63, 3.8) is 0 Å². The Bertz CT molecular complexity index is 984. The molecule has 0 aromatic rings. The summed E-state index contributed by atoms with van der Waals surface area (Å²) in [5, 5.41) is 9.36. The highest BCUT2D eigenvalue weighted by Crippen LogP contribution is 2.08. The summed E-state index contributed by atoms with van der Waals surface area (Å²) < 4.78 is 31.6. The number of hydrogen-bond acceptors (Lipinski definition) is 13. The molecule has 0 heterocycles. The van der Waals surface area contributed by atoms with Gasteiger partial charge in [0.05, 0.1) is 58.9 Å². The van der Waals surface area contributed by atoms with Crippen LogP contribution in [0.2, 0.25) is 0 Å². The first-order valence-corrected chi connectivity index (χ1v) is 15.4. The first-order chi connectivity index (χ1) is 22.6. The number of hydroxylamine groups is 1. The molecule has 0 saturated carbocycles. The van der Waals surface area contributed by atoms with Gasteiger partial charge in [-0.2, -0.15) is 5.48 Å². The molecule has 0 bridgehead atoms. The zero-order chi connectivity index (χ0) is 35.0. The highest BCUT2D eigenvalue weighted by Gasteiger charge is 2.22. The Hall–Kier alpha value is -3.54. The summed E-state index contributed by atoms with van der Waals surface area (Å²) in [5.41, 5.74) is 17.9. The van der Waals surface area contributed by atoms with Gasteiger partial charge in [-0.25, -0.2) is 4.79 Å². The summed E-state index contributed by atoms with van der Waals surface area (Å²) in [4.78, 5) is 59.7. The number of nitrogens with one attached hydrogen (secondary N) is 2. The standard InChI is InChI=1S/C28H50N8O11/c1-28(2,3)47-27(40)34-46-21-20-45-22-26(39)33-24(25(38)7-5-13-42-17-19-44-15-11-32-36-30)9-8-23(37)6-4-12-41-16-18-43-14-10-31-35-29/h24H,4-22H2,1-3H3,(H,33,39)(H,34,40)/t24-/m0/s1. The number of azide groups is 2. The average molecular weight is 675 g/mol. The van der Waals surface area contributed by atoms with Crippen LogP contribution in [0.5, 0.6) is 0 Å². The molecule has 19 nitrogen and oxygen atoms in total. The first-order valence-electron chi connectivity index (χ1n) is 15.4. The fourth-order valence-corrected chi connectivity index (χ4v) is 3.49. The molecule has 0 radical (unpaired) electrons. The van der Waals surface area contributed by atoms with Crippen molar-refractivity contribution in [2.45, 2.75) is 70.9 Å². The molecule has 0 aliphatic heterocycles. The fraction of sp³-hybridized carbons (Fsp3) is 0.857. The Labute approximate surface area is 274 Å². The van der Waals surface area contributed by atoms with Crippen molar-refractivity contribution in [1.82, 2.24) is 10.8 Å². The van der Waals surface area contributed by atoms with Crippen LogP contribution in [0.3, 0.4) is 0 Å². The van der Waals surface area contributed by atoms with E-state index in [0.29, 0.717) is 59.1 Å². The van der Waals surface area contributed by atoms with Crippen molar-refractivity contribution >= 4 is 23.6 Å². The van der Waals surface area contributed by atoms with Crippen molar-refractivity contribution < 1.29 is 52.4 Å². The lowest BCUT2D eigenvalue weighted by atomic mass is 10.00. The predicted molar refractivity (Wildman–Crippen MR) is 167 cm³/mol. The van der Waals surface area contributed by atoms with Gasteiger partial charge in [0, 0.05) is 55.4 Å². The summed E-state index contributed by atoms with van der Waals surface area (Å²) in [5.74, 6) is -0.852. The van der Waals surface area contributed by atoms with Gasteiger partial charge in [-0.1, -0.05) is 10.2 Å². The Kier molecular flexibility index (Phi) is 27.6. The smallest absolute Gasteiger partial charge is 0.431 e. The van der Waals surface area contributed by atoms with Crippen molar-refractivity contribution in [2.75, 3.05) is 85.8 Å². The highest BCUT2D eigenvalue weighted by atomic mass is 16.7. The lowest BCUT2D eigenvalue weighted by molar-refractivity contribution is -0.132. The number of carbonyl (C=O) groups is 4. The van der Waals surface area contributed by atoms with Crippen LogP contribution in [-0.2, 0) is 47.6 Å². The summed E-state index contributed by atoms with van der Waals surface area (Å²) in [6, 6.07) is -0.886. The maximum Gasteiger partial charge on any atom is 0.431 e. The number of rotatable bonds is 31. The zero-order valence-electron chi connectivity index (χ0n) is 27.7. The van der Waals surface area contributed by atoms with Gasteiger partial charge in [-0.15, -0.1) is 0 Å².